The van der Waals surface area contributed by atoms with Gasteiger partial charge in [0.25, 0.3) is 0 Å². The Morgan fingerprint density at radius 2 is 1.76 bits per heavy atom. The highest BCUT2D eigenvalue weighted by Gasteiger charge is 2.18. The van der Waals surface area contributed by atoms with E-state index in [1.165, 1.54) is 0 Å². The van der Waals surface area contributed by atoms with Crippen LogP contribution in [0.1, 0.15) is 5.56 Å². The van der Waals surface area contributed by atoms with E-state index in [0.717, 1.165) is 65.9 Å². The molecule has 1 aromatic heterocycles. The van der Waals surface area contributed by atoms with Gasteiger partial charge in [-0.05, 0) is 31.3 Å². The van der Waals surface area contributed by atoms with Crippen molar-refractivity contribution in [1.82, 2.24) is 14.9 Å². The molecule has 0 radical (unpaired) electrons. The maximum absolute atomic E-state index is 5.53. The predicted octanol–water partition coefficient (Wildman–Crippen LogP) is 3.01. The number of para-hydroxylation sites is 1. The molecule has 1 saturated heterocycles. The minimum atomic E-state index is 0.594. The number of hydrogen-bond donors (Lipinski definition) is 1. The lowest BCUT2D eigenvalue weighted by atomic mass is 10.1. The molecule has 1 aliphatic rings. The van der Waals surface area contributed by atoms with Gasteiger partial charge in [-0.2, -0.15) is 4.98 Å². The molecule has 0 aliphatic carbocycles. The molecule has 2 heterocycles. The van der Waals surface area contributed by atoms with Crippen molar-refractivity contribution in [2.45, 2.75) is 6.54 Å². The Balaban J connectivity index is 1.62. The lowest BCUT2D eigenvalue weighted by molar-refractivity contribution is 0.311. The molecular formula is C22H27N5O2. The Bertz CT molecular complexity index is 986. The molecule has 1 N–H and O–H groups in total. The summed E-state index contributed by atoms with van der Waals surface area (Å²) in [5.41, 5.74) is 1.98. The van der Waals surface area contributed by atoms with E-state index in [0.29, 0.717) is 6.54 Å². The molecule has 0 atom stereocenters. The van der Waals surface area contributed by atoms with E-state index in [2.05, 4.69) is 28.2 Å². The number of aromatic nitrogens is 2. The van der Waals surface area contributed by atoms with Crippen molar-refractivity contribution in [2.75, 3.05) is 57.7 Å². The minimum Gasteiger partial charge on any atom is -0.497 e. The van der Waals surface area contributed by atoms with Crippen LogP contribution < -0.4 is 19.7 Å². The summed E-state index contributed by atoms with van der Waals surface area (Å²) in [6.45, 7) is 4.49. The molecule has 7 heteroatoms. The van der Waals surface area contributed by atoms with Crippen molar-refractivity contribution in [1.29, 1.82) is 0 Å². The van der Waals surface area contributed by atoms with Crippen LogP contribution in [0.25, 0.3) is 10.9 Å². The first-order chi connectivity index (χ1) is 14.2. The Labute approximate surface area is 171 Å². The fraction of sp³-hybridized carbons (Fsp3) is 0.364. The van der Waals surface area contributed by atoms with Crippen molar-refractivity contribution in [3.8, 4) is 11.5 Å². The molecule has 0 unspecified atom stereocenters. The number of ether oxygens (including phenoxy) is 2. The van der Waals surface area contributed by atoms with Crippen molar-refractivity contribution in [2.24, 2.45) is 0 Å². The summed E-state index contributed by atoms with van der Waals surface area (Å²) in [6.07, 6.45) is 0. The number of rotatable bonds is 6. The average Bonchev–Trinajstić information content (AvgIpc) is 2.77. The number of fused-ring (bicyclic) bond motifs is 1. The Hall–Kier alpha value is -3.06. The van der Waals surface area contributed by atoms with Gasteiger partial charge < -0.3 is 24.6 Å². The van der Waals surface area contributed by atoms with E-state index in [1.54, 1.807) is 14.2 Å². The SMILES string of the molecule is COc1ccc(CNc2nc(N3CCN(C)CC3)nc3ccccc23)c(OC)c1. The summed E-state index contributed by atoms with van der Waals surface area (Å²) in [6, 6.07) is 14.0. The van der Waals surface area contributed by atoms with Gasteiger partial charge in [0, 0.05) is 49.7 Å². The number of benzene rings is 2. The highest BCUT2D eigenvalue weighted by molar-refractivity contribution is 5.90. The predicted molar refractivity (Wildman–Crippen MR) is 116 cm³/mol. The van der Waals surface area contributed by atoms with Gasteiger partial charge in [-0.3, -0.25) is 0 Å². The summed E-state index contributed by atoms with van der Waals surface area (Å²) in [5, 5.41) is 4.51. The summed E-state index contributed by atoms with van der Waals surface area (Å²) < 4.78 is 10.8. The van der Waals surface area contributed by atoms with Crippen molar-refractivity contribution in [3.05, 3.63) is 48.0 Å². The maximum Gasteiger partial charge on any atom is 0.227 e. The van der Waals surface area contributed by atoms with E-state index in [-0.39, 0.29) is 0 Å². The molecule has 0 bridgehead atoms. The lowest BCUT2D eigenvalue weighted by Crippen LogP contribution is -2.45. The summed E-state index contributed by atoms with van der Waals surface area (Å²) in [5.74, 6) is 3.17. The van der Waals surface area contributed by atoms with Crippen LogP contribution in [-0.2, 0) is 6.54 Å². The number of piperazine rings is 1. The molecule has 0 saturated carbocycles. The van der Waals surface area contributed by atoms with Gasteiger partial charge in [-0.25, -0.2) is 4.98 Å². The molecule has 3 aromatic rings. The molecule has 152 valence electrons. The van der Waals surface area contributed by atoms with Crippen LogP contribution >= 0.6 is 0 Å². The number of hydrogen-bond acceptors (Lipinski definition) is 7. The van der Waals surface area contributed by atoms with Crippen LogP contribution in [0.15, 0.2) is 42.5 Å². The van der Waals surface area contributed by atoms with Crippen molar-refractivity contribution in [3.63, 3.8) is 0 Å². The first-order valence-electron chi connectivity index (χ1n) is 9.83. The standard InChI is InChI=1S/C22H27N5O2/c1-26-10-12-27(13-11-26)22-24-19-7-5-4-6-18(19)21(25-22)23-15-16-8-9-17(28-2)14-20(16)29-3/h4-9,14H,10-13,15H2,1-3H3,(H,23,24,25). The molecule has 29 heavy (non-hydrogen) atoms. The molecule has 0 amide bonds. The third-order valence-electron chi connectivity index (χ3n) is 5.32. The molecule has 2 aromatic carbocycles. The average molecular weight is 393 g/mol. The zero-order valence-electron chi connectivity index (χ0n) is 17.2. The van der Waals surface area contributed by atoms with Gasteiger partial charge >= 0.3 is 0 Å². The van der Waals surface area contributed by atoms with Crippen LogP contribution in [0.3, 0.4) is 0 Å². The smallest absolute Gasteiger partial charge is 0.227 e. The van der Waals surface area contributed by atoms with Gasteiger partial charge in [0.15, 0.2) is 0 Å². The molecule has 1 aliphatic heterocycles. The Kier molecular flexibility index (Phi) is 5.67. The zero-order valence-corrected chi connectivity index (χ0v) is 17.2. The van der Waals surface area contributed by atoms with Gasteiger partial charge in [0.05, 0.1) is 19.7 Å². The van der Waals surface area contributed by atoms with Gasteiger partial charge in [0.1, 0.15) is 17.3 Å². The topological polar surface area (TPSA) is 62.8 Å². The second-order valence-electron chi connectivity index (χ2n) is 7.21. The first kappa shape index (κ1) is 19.3. The zero-order chi connectivity index (χ0) is 20.2. The van der Waals surface area contributed by atoms with Gasteiger partial charge in [-0.15, -0.1) is 0 Å². The number of likely N-dealkylation sites (N-methyl/N-ethyl adjacent to an activating group) is 1. The van der Waals surface area contributed by atoms with E-state index >= 15 is 0 Å². The second-order valence-corrected chi connectivity index (χ2v) is 7.21. The molecule has 4 rings (SSSR count). The number of nitrogens with one attached hydrogen (secondary N) is 1. The molecule has 1 fully saturated rings. The van der Waals surface area contributed by atoms with Gasteiger partial charge in [-0.1, -0.05) is 12.1 Å². The highest BCUT2D eigenvalue weighted by atomic mass is 16.5. The third-order valence-corrected chi connectivity index (χ3v) is 5.32. The molecule has 0 spiro atoms. The van der Waals surface area contributed by atoms with Crippen LogP contribution in [0, 0.1) is 0 Å². The van der Waals surface area contributed by atoms with Crippen LogP contribution in [0.4, 0.5) is 11.8 Å². The van der Waals surface area contributed by atoms with Crippen LogP contribution in [0.2, 0.25) is 0 Å². The maximum atomic E-state index is 5.53. The fourth-order valence-electron chi connectivity index (χ4n) is 3.52. The minimum absolute atomic E-state index is 0.594. The summed E-state index contributed by atoms with van der Waals surface area (Å²) >= 11 is 0. The van der Waals surface area contributed by atoms with Crippen LogP contribution in [-0.4, -0.2) is 62.3 Å². The fourth-order valence-corrected chi connectivity index (χ4v) is 3.52. The molecule has 7 nitrogen and oxygen atoms in total. The normalized spacial score (nSPS) is 14.8. The monoisotopic (exact) mass is 393 g/mol. The van der Waals surface area contributed by atoms with E-state index < -0.39 is 0 Å². The van der Waals surface area contributed by atoms with Crippen molar-refractivity contribution >= 4 is 22.7 Å². The highest BCUT2D eigenvalue weighted by Crippen LogP contribution is 2.28. The number of methoxy groups -OCH3 is 2. The van der Waals surface area contributed by atoms with Crippen molar-refractivity contribution < 1.29 is 9.47 Å². The number of anilines is 2. The van der Waals surface area contributed by atoms with Crippen LogP contribution in [0.5, 0.6) is 11.5 Å². The second kappa shape index (κ2) is 8.53. The number of nitrogens with zero attached hydrogens (tertiary/aromatic N) is 4. The third kappa shape index (κ3) is 4.19. The Morgan fingerprint density at radius 3 is 2.52 bits per heavy atom. The largest absolute Gasteiger partial charge is 0.497 e. The first-order valence-corrected chi connectivity index (χ1v) is 9.83. The van der Waals surface area contributed by atoms with Gasteiger partial charge in [0.2, 0.25) is 5.95 Å². The molecular weight excluding hydrogens is 366 g/mol. The lowest BCUT2D eigenvalue weighted by Gasteiger charge is -2.32. The Morgan fingerprint density at radius 1 is 0.966 bits per heavy atom. The quantitative estimate of drug-likeness (QED) is 0.691. The van der Waals surface area contributed by atoms with E-state index in [4.69, 9.17) is 19.4 Å². The van der Waals surface area contributed by atoms with E-state index in [1.807, 2.05) is 36.4 Å². The van der Waals surface area contributed by atoms with E-state index in [9.17, 15) is 0 Å². The summed E-state index contributed by atoms with van der Waals surface area (Å²) in [7, 11) is 5.47. The summed E-state index contributed by atoms with van der Waals surface area (Å²) in [4.78, 5) is 14.3.